The van der Waals surface area contributed by atoms with Crippen molar-refractivity contribution in [2.75, 3.05) is 0 Å². The Morgan fingerprint density at radius 2 is 1.92 bits per heavy atom. The molecule has 0 atom stereocenters. The number of hydrogen-bond donors (Lipinski definition) is 1. The molecule has 0 aliphatic heterocycles. The van der Waals surface area contributed by atoms with Crippen molar-refractivity contribution in [1.29, 1.82) is 0 Å². The molecule has 1 saturated carbocycles. The van der Waals surface area contributed by atoms with Crippen LogP contribution in [0.1, 0.15) is 61.8 Å². The molecular weight excluding hydrogens is 334 g/mol. The van der Waals surface area contributed by atoms with Crippen LogP contribution in [0.3, 0.4) is 0 Å². The third-order valence-electron chi connectivity index (χ3n) is 5.48. The second-order valence-electron chi connectivity index (χ2n) is 7.32. The molecule has 134 valence electrons. The first kappa shape index (κ1) is 16.8. The Hall–Kier alpha value is -1.69. The highest BCUT2D eigenvalue weighted by Gasteiger charge is 2.22. The van der Waals surface area contributed by atoms with Crippen LogP contribution in [0.15, 0.2) is 11.1 Å². The maximum atomic E-state index is 12.8. The summed E-state index contributed by atoms with van der Waals surface area (Å²) in [6.45, 7) is 0.0723. The Labute approximate surface area is 151 Å². The summed E-state index contributed by atoms with van der Waals surface area (Å²) in [4.78, 5) is 31.8. The molecule has 1 fully saturated rings. The highest BCUT2D eigenvalue weighted by molar-refractivity contribution is 7.18. The van der Waals surface area contributed by atoms with Gasteiger partial charge in [0.05, 0.1) is 11.7 Å². The number of carbonyl (C=O) groups is 1. The molecule has 5 nitrogen and oxygen atoms in total. The van der Waals surface area contributed by atoms with Gasteiger partial charge in [0.25, 0.3) is 5.56 Å². The van der Waals surface area contributed by atoms with Gasteiger partial charge in [0, 0.05) is 10.9 Å². The minimum absolute atomic E-state index is 0.0581. The van der Waals surface area contributed by atoms with Crippen molar-refractivity contribution in [1.82, 2.24) is 14.9 Å². The van der Waals surface area contributed by atoms with E-state index in [1.165, 1.54) is 53.4 Å². The molecule has 0 saturated heterocycles. The van der Waals surface area contributed by atoms with Gasteiger partial charge in [-0.2, -0.15) is 0 Å². The maximum absolute atomic E-state index is 12.8. The summed E-state index contributed by atoms with van der Waals surface area (Å²) in [5.41, 5.74) is 1.12. The van der Waals surface area contributed by atoms with Gasteiger partial charge < -0.3 is 5.32 Å². The van der Waals surface area contributed by atoms with Crippen LogP contribution >= 0.6 is 11.3 Å². The number of aryl methyl sites for hydroxylation is 2. The normalized spacial score (nSPS) is 18.7. The number of thiophene rings is 1. The number of amides is 1. The van der Waals surface area contributed by atoms with Crippen LogP contribution in [0.2, 0.25) is 0 Å². The Bertz CT molecular complexity index is 831. The van der Waals surface area contributed by atoms with E-state index in [0.717, 1.165) is 42.3 Å². The van der Waals surface area contributed by atoms with E-state index in [1.54, 1.807) is 11.3 Å². The minimum Gasteiger partial charge on any atom is -0.352 e. The van der Waals surface area contributed by atoms with E-state index in [0.29, 0.717) is 0 Å². The number of carbonyl (C=O) groups excluding carboxylic acids is 1. The quantitative estimate of drug-likeness (QED) is 0.915. The summed E-state index contributed by atoms with van der Waals surface area (Å²) in [6.07, 6.45) is 13.0. The van der Waals surface area contributed by atoms with Crippen molar-refractivity contribution < 1.29 is 4.79 Å². The summed E-state index contributed by atoms with van der Waals surface area (Å²) < 4.78 is 1.48. The first-order valence-corrected chi connectivity index (χ1v) is 10.3. The van der Waals surface area contributed by atoms with Gasteiger partial charge in [-0.25, -0.2) is 4.98 Å². The topological polar surface area (TPSA) is 64.0 Å². The van der Waals surface area contributed by atoms with Crippen molar-refractivity contribution in [3.05, 3.63) is 27.1 Å². The van der Waals surface area contributed by atoms with Gasteiger partial charge in [0.15, 0.2) is 0 Å². The zero-order valence-corrected chi connectivity index (χ0v) is 15.4. The predicted molar refractivity (Wildman–Crippen MR) is 100 cm³/mol. The van der Waals surface area contributed by atoms with E-state index in [4.69, 9.17) is 0 Å². The van der Waals surface area contributed by atoms with Crippen molar-refractivity contribution in [2.45, 2.75) is 76.8 Å². The monoisotopic (exact) mass is 359 g/mol. The first-order valence-electron chi connectivity index (χ1n) is 9.51. The Kier molecular flexibility index (Phi) is 4.88. The van der Waals surface area contributed by atoms with Gasteiger partial charge >= 0.3 is 0 Å². The van der Waals surface area contributed by atoms with Gasteiger partial charge in [0.2, 0.25) is 5.91 Å². The van der Waals surface area contributed by atoms with E-state index < -0.39 is 0 Å². The molecule has 4 rings (SSSR count). The summed E-state index contributed by atoms with van der Waals surface area (Å²) in [5, 5.41) is 3.88. The molecule has 2 aliphatic rings. The molecule has 6 heteroatoms. The third kappa shape index (κ3) is 3.50. The van der Waals surface area contributed by atoms with Gasteiger partial charge in [-0.3, -0.25) is 14.2 Å². The van der Waals surface area contributed by atoms with Crippen molar-refractivity contribution >= 4 is 27.5 Å². The van der Waals surface area contributed by atoms with Gasteiger partial charge in [-0.1, -0.05) is 32.1 Å². The largest absolute Gasteiger partial charge is 0.352 e. The smallest absolute Gasteiger partial charge is 0.262 e. The highest BCUT2D eigenvalue weighted by atomic mass is 32.1. The lowest BCUT2D eigenvalue weighted by molar-refractivity contribution is -0.122. The molecule has 0 aromatic carbocycles. The lowest BCUT2D eigenvalue weighted by atomic mass is 9.97. The van der Waals surface area contributed by atoms with Crippen LogP contribution < -0.4 is 10.9 Å². The summed E-state index contributed by atoms with van der Waals surface area (Å²) in [6, 6.07) is 0.255. The van der Waals surface area contributed by atoms with E-state index >= 15 is 0 Å². The van der Waals surface area contributed by atoms with Crippen LogP contribution in [0.25, 0.3) is 10.2 Å². The number of aromatic nitrogens is 2. The molecule has 2 aliphatic carbocycles. The van der Waals surface area contributed by atoms with Crippen LogP contribution in [0.4, 0.5) is 0 Å². The lowest BCUT2D eigenvalue weighted by Gasteiger charge is -2.21. The Morgan fingerprint density at radius 1 is 1.16 bits per heavy atom. The Morgan fingerprint density at radius 3 is 2.72 bits per heavy atom. The molecule has 2 aromatic heterocycles. The predicted octanol–water partition coefficient (Wildman–Crippen LogP) is 3.18. The maximum Gasteiger partial charge on any atom is 0.262 e. The zero-order chi connectivity index (χ0) is 17.2. The van der Waals surface area contributed by atoms with E-state index in [1.807, 2.05) is 0 Å². The minimum atomic E-state index is -0.0688. The number of rotatable bonds is 3. The number of fused-ring (bicyclic) bond motifs is 3. The summed E-state index contributed by atoms with van der Waals surface area (Å²) in [5.74, 6) is -0.0688. The average molecular weight is 359 g/mol. The molecular formula is C19H25N3O2S. The second kappa shape index (κ2) is 7.28. The number of nitrogens with one attached hydrogen (secondary N) is 1. The third-order valence-corrected chi connectivity index (χ3v) is 6.68. The average Bonchev–Trinajstić information content (AvgIpc) is 3.13. The standard InChI is InChI=1S/C19H25N3O2S/c23-16(21-13-7-4-2-1-3-5-8-13)11-22-12-20-18-17(19(22)24)14-9-6-10-15(14)25-18/h12-13H,1-11H2,(H,21,23). The fraction of sp³-hybridized carbons (Fsp3) is 0.632. The van der Waals surface area contributed by atoms with Crippen molar-refractivity contribution in [3.63, 3.8) is 0 Å². The molecule has 2 aromatic rings. The van der Waals surface area contributed by atoms with Crippen LogP contribution in [0.5, 0.6) is 0 Å². The SMILES string of the molecule is O=C(Cn1cnc2sc3c(c2c1=O)CCC3)NC1CCCCCCC1. The van der Waals surface area contributed by atoms with Crippen molar-refractivity contribution in [2.24, 2.45) is 0 Å². The molecule has 0 bridgehead atoms. The van der Waals surface area contributed by atoms with E-state index in [-0.39, 0.29) is 24.1 Å². The Balaban J connectivity index is 1.49. The molecule has 0 radical (unpaired) electrons. The van der Waals surface area contributed by atoms with E-state index in [9.17, 15) is 9.59 Å². The van der Waals surface area contributed by atoms with Crippen molar-refractivity contribution in [3.8, 4) is 0 Å². The number of nitrogens with zero attached hydrogens (tertiary/aromatic N) is 2. The van der Waals surface area contributed by atoms with Gasteiger partial charge in [-0.15, -0.1) is 11.3 Å². The molecule has 2 heterocycles. The molecule has 0 unspecified atom stereocenters. The van der Waals surface area contributed by atoms with Crippen LogP contribution in [0, 0.1) is 0 Å². The van der Waals surface area contributed by atoms with Gasteiger partial charge in [-0.05, 0) is 37.7 Å². The zero-order valence-electron chi connectivity index (χ0n) is 14.6. The molecule has 25 heavy (non-hydrogen) atoms. The highest BCUT2D eigenvalue weighted by Crippen LogP contribution is 2.34. The first-order chi connectivity index (χ1) is 12.2. The van der Waals surface area contributed by atoms with Crippen LogP contribution in [-0.4, -0.2) is 21.5 Å². The fourth-order valence-corrected chi connectivity index (χ4v) is 5.38. The molecule has 1 amide bonds. The van der Waals surface area contributed by atoms with Crippen LogP contribution in [-0.2, 0) is 24.2 Å². The number of hydrogen-bond acceptors (Lipinski definition) is 4. The summed E-state index contributed by atoms with van der Waals surface area (Å²) >= 11 is 1.64. The lowest BCUT2D eigenvalue weighted by Crippen LogP contribution is -2.39. The summed E-state index contributed by atoms with van der Waals surface area (Å²) in [7, 11) is 0. The van der Waals surface area contributed by atoms with E-state index in [2.05, 4.69) is 10.3 Å². The van der Waals surface area contributed by atoms with Gasteiger partial charge in [0.1, 0.15) is 11.4 Å². The second-order valence-corrected chi connectivity index (χ2v) is 8.41. The molecule has 0 spiro atoms. The fourth-order valence-electron chi connectivity index (χ4n) is 4.16. The molecule has 1 N–H and O–H groups in total.